The molecule has 56 heavy (non-hydrogen) atoms. The van der Waals surface area contributed by atoms with Crippen molar-refractivity contribution in [3.8, 4) is 63.2 Å². The minimum absolute atomic E-state index is 0.312. The van der Waals surface area contributed by atoms with Crippen molar-refractivity contribution in [2.75, 3.05) is 6.61 Å². The van der Waals surface area contributed by atoms with Gasteiger partial charge in [-0.2, -0.15) is 0 Å². The van der Waals surface area contributed by atoms with Crippen molar-refractivity contribution in [3.63, 3.8) is 0 Å². The zero-order valence-corrected chi connectivity index (χ0v) is 27.4. The number of esters is 2. The summed E-state index contributed by atoms with van der Waals surface area (Å²) in [4.78, 5) is 52.8. The lowest BCUT2D eigenvalue weighted by Crippen LogP contribution is -2.61. The van der Waals surface area contributed by atoms with E-state index < -0.39 is 157 Å². The Balaban J connectivity index is 1.32. The molecule has 4 aromatic carbocycles. The van der Waals surface area contributed by atoms with Crippen LogP contribution in [0.4, 0.5) is 0 Å². The maximum Gasteiger partial charge on any atom is 0.344 e. The second-order valence-corrected chi connectivity index (χ2v) is 12.2. The highest BCUT2D eigenvalue weighted by Crippen LogP contribution is 2.51. The molecular formula is C34H24O22. The molecule has 0 aliphatic carbocycles. The first-order chi connectivity index (χ1) is 26.4. The standard InChI is InChI=1S/C34H24O22/c35-6-16-22(44)28(55-30(46)7-1-11(36)19(41)12(37)2-7)29(34(50)51-16)56-33(49)10-5-13(38)20(42)23(45)24(10)52-25-15(40)4-9-18-17-8(32(48)54-27(18)25)3-14(39)21(43)26(17)53-31(9)47/h1-5,16,22,28-29,34-45,50H,6H2/t16-,22-,28+,29-,34?/m1/s1. The molecule has 22 nitrogen and oxygen atoms in total. The largest absolute Gasteiger partial charge is 0.504 e. The summed E-state index contributed by atoms with van der Waals surface area (Å²) >= 11 is 0. The van der Waals surface area contributed by atoms with Gasteiger partial charge in [0, 0.05) is 16.8 Å². The molecule has 2 aromatic heterocycles. The Morgan fingerprint density at radius 1 is 0.607 bits per heavy atom. The number of carbonyl (C=O) groups excluding carboxylic acids is 2. The first-order valence-electron chi connectivity index (χ1n) is 15.6. The van der Waals surface area contributed by atoms with E-state index in [-0.39, 0.29) is 10.8 Å². The van der Waals surface area contributed by atoms with Gasteiger partial charge in [-0.25, -0.2) is 19.2 Å². The Morgan fingerprint density at radius 3 is 1.77 bits per heavy atom. The predicted molar refractivity (Wildman–Crippen MR) is 178 cm³/mol. The molecule has 1 unspecified atom stereocenters. The van der Waals surface area contributed by atoms with Crippen LogP contribution >= 0.6 is 0 Å². The van der Waals surface area contributed by atoms with Gasteiger partial charge in [0.15, 0.2) is 69.9 Å². The maximum atomic E-state index is 13.8. The lowest BCUT2D eigenvalue weighted by molar-refractivity contribution is -0.285. The lowest BCUT2D eigenvalue weighted by Gasteiger charge is -2.41. The number of aliphatic hydroxyl groups excluding tert-OH is 3. The van der Waals surface area contributed by atoms with Crippen molar-refractivity contribution in [1.82, 2.24) is 0 Å². The highest BCUT2D eigenvalue weighted by atomic mass is 16.7. The third-order valence-corrected chi connectivity index (χ3v) is 8.77. The number of hydrogen-bond donors (Lipinski definition) is 12. The molecule has 292 valence electrons. The summed E-state index contributed by atoms with van der Waals surface area (Å²) < 4.78 is 31.5. The molecule has 22 heteroatoms. The number of phenolic OH excluding ortho intramolecular Hbond substituents is 9. The van der Waals surface area contributed by atoms with E-state index in [0.29, 0.717) is 18.2 Å². The molecule has 5 atom stereocenters. The van der Waals surface area contributed by atoms with Crippen molar-refractivity contribution >= 4 is 44.6 Å². The Bertz CT molecular complexity index is 2710. The highest BCUT2D eigenvalue weighted by molar-refractivity contribution is 6.22. The van der Waals surface area contributed by atoms with E-state index in [1.54, 1.807) is 0 Å². The van der Waals surface area contributed by atoms with Gasteiger partial charge in [0.25, 0.3) is 0 Å². The molecule has 12 N–H and O–H groups in total. The second-order valence-electron chi connectivity index (χ2n) is 12.2. The minimum Gasteiger partial charge on any atom is -0.504 e. The fraction of sp³-hybridized carbons (Fsp3) is 0.176. The van der Waals surface area contributed by atoms with Crippen LogP contribution < -0.4 is 16.0 Å². The molecule has 7 rings (SSSR count). The number of rotatable bonds is 7. The summed E-state index contributed by atoms with van der Waals surface area (Å²) in [5.74, 6) is -15.1. The number of aromatic hydroxyl groups is 9. The molecule has 6 aromatic rings. The summed E-state index contributed by atoms with van der Waals surface area (Å²) in [5.41, 5.74) is -5.64. The van der Waals surface area contributed by atoms with Gasteiger partial charge >= 0.3 is 23.2 Å². The van der Waals surface area contributed by atoms with Gasteiger partial charge in [-0.1, -0.05) is 0 Å². The number of carbonyl (C=O) groups is 2. The molecule has 0 amide bonds. The van der Waals surface area contributed by atoms with Gasteiger partial charge in [-0.15, -0.1) is 0 Å². The van der Waals surface area contributed by atoms with E-state index in [4.69, 9.17) is 27.8 Å². The van der Waals surface area contributed by atoms with Gasteiger partial charge in [0.05, 0.1) is 22.9 Å². The Labute approximate surface area is 306 Å². The van der Waals surface area contributed by atoms with Gasteiger partial charge in [-0.05, 0) is 24.3 Å². The summed E-state index contributed by atoms with van der Waals surface area (Å²) in [6.45, 7) is -0.993. The van der Waals surface area contributed by atoms with Gasteiger partial charge in [-0.3, -0.25) is 0 Å². The molecule has 0 bridgehead atoms. The fourth-order valence-electron chi connectivity index (χ4n) is 6.07. The van der Waals surface area contributed by atoms with Gasteiger partial charge in [0.2, 0.25) is 23.0 Å². The number of phenols is 9. The van der Waals surface area contributed by atoms with Crippen LogP contribution in [0.1, 0.15) is 20.7 Å². The second kappa shape index (κ2) is 13.2. The van der Waals surface area contributed by atoms with E-state index >= 15 is 0 Å². The normalized spacial score (nSPS) is 19.7. The highest BCUT2D eigenvalue weighted by Gasteiger charge is 2.50. The van der Waals surface area contributed by atoms with Crippen LogP contribution in [0.15, 0.2) is 48.8 Å². The van der Waals surface area contributed by atoms with Crippen LogP contribution in [0.3, 0.4) is 0 Å². The summed E-state index contributed by atoms with van der Waals surface area (Å²) in [6.07, 6.45) is -10.5. The maximum absolute atomic E-state index is 13.8. The molecule has 0 saturated carbocycles. The van der Waals surface area contributed by atoms with E-state index in [0.717, 1.165) is 12.1 Å². The van der Waals surface area contributed by atoms with Crippen LogP contribution in [0.2, 0.25) is 0 Å². The smallest absolute Gasteiger partial charge is 0.344 e. The SMILES string of the molecule is O=C(O[C@H]1[C@H](O)[C@@H](CO)OC(O)[C@@H]1OC(=O)c1cc(O)c(O)c(O)c1Oc1c(O)cc2c(=O)oc3c(O)c(O)cc4c(=O)oc1c2c34)c1cc(O)c(O)c(O)c1. The summed E-state index contributed by atoms with van der Waals surface area (Å²) in [5, 5.41) is 122. The average Bonchev–Trinajstić information content (AvgIpc) is 3.15. The first-order valence-corrected chi connectivity index (χ1v) is 15.6. The summed E-state index contributed by atoms with van der Waals surface area (Å²) in [6, 6.07) is 3.26. The molecule has 1 saturated heterocycles. The number of benzene rings is 4. The Morgan fingerprint density at radius 2 is 1.14 bits per heavy atom. The topological polar surface area (TPSA) is 374 Å². The van der Waals surface area contributed by atoms with Crippen LogP contribution in [0.25, 0.3) is 32.7 Å². The van der Waals surface area contributed by atoms with Crippen LogP contribution in [-0.4, -0.2) is 111 Å². The molecule has 0 radical (unpaired) electrons. The van der Waals surface area contributed by atoms with Crippen molar-refractivity contribution < 1.29 is 98.6 Å². The third kappa shape index (κ3) is 5.68. The van der Waals surface area contributed by atoms with Crippen LogP contribution in [0.5, 0.6) is 63.2 Å². The molecule has 1 aliphatic heterocycles. The molecule has 3 heterocycles. The van der Waals surface area contributed by atoms with E-state index in [9.17, 15) is 80.5 Å². The van der Waals surface area contributed by atoms with Gasteiger partial charge < -0.3 is 89.1 Å². The van der Waals surface area contributed by atoms with Crippen molar-refractivity contribution in [2.45, 2.75) is 30.7 Å². The quantitative estimate of drug-likeness (QED) is 0.0452. The number of ether oxygens (including phenoxy) is 4. The van der Waals surface area contributed by atoms with Crippen LogP contribution in [-0.2, 0) is 14.2 Å². The zero-order chi connectivity index (χ0) is 40.7. The van der Waals surface area contributed by atoms with Crippen molar-refractivity contribution in [1.29, 1.82) is 0 Å². The van der Waals surface area contributed by atoms with Gasteiger partial charge in [0.1, 0.15) is 17.8 Å². The third-order valence-electron chi connectivity index (χ3n) is 8.77. The average molecular weight is 785 g/mol. The monoisotopic (exact) mass is 784 g/mol. The zero-order valence-electron chi connectivity index (χ0n) is 27.4. The minimum atomic E-state index is -2.32. The van der Waals surface area contributed by atoms with Crippen LogP contribution in [0, 0.1) is 0 Å². The Hall–Kier alpha value is -7.40. The van der Waals surface area contributed by atoms with E-state index in [1.165, 1.54) is 0 Å². The number of hydrogen-bond acceptors (Lipinski definition) is 22. The van der Waals surface area contributed by atoms with Crippen molar-refractivity contribution in [3.05, 3.63) is 62.3 Å². The molecule has 0 spiro atoms. The molecular weight excluding hydrogens is 760 g/mol. The molecule has 1 aliphatic rings. The fourth-order valence-corrected chi connectivity index (χ4v) is 6.07. The lowest BCUT2D eigenvalue weighted by atomic mass is 9.98. The predicted octanol–water partition coefficient (Wildman–Crippen LogP) is 0.454. The Kier molecular flexibility index (Phi) is 8.69. The number of aliphatic hydroxyl groups is 3. The van der Waals surface area contributed by atoms with E-state index in [1.807, 2.05) is 0 Å². The molecule has 1 fully saturated rings. The van der Waals surface area contributed by atoms with E-state index in [2.05, 4.69) is 0 Å². The van der Waals surface area contributed by atoms with Crippen molar-refractivity contribution in [2.24, 2.45) is 0 Å². The summed E-state index contributed by atoms with van der Waals surface area (Å²) in [7, 11) is 0. The first kappa shape index (κ1) is 36.9.